The minimum Gasteiger partial charge on any atom is -0.374 e. The number of hydrogen-bond donors (Lipinski definition) is 3. The molecule has 3 atom stereocenters. The summed E-state index contributed by atoms with van der Waals surface area (Å²) in [6.45, 7) is 6.73. The Labute approximate surface area is 280 Å². The smallest absolute Gasteiger partial charge is 0.249 e. The van der Waals surface area contributed by atoms with Crippen LogP contribution in [-0.4, -0.2) is 96.2 Å². The number of benzene rings is 2. The van der Waals surface area contributed by atoms with Gasteiger partial charge in [-0.15, -0.1) is 0 Å². The molecule has 0 radical (unpaired) electrons. The number of fused-ring (bicyclic) bond motifs is 1. The highest BCUT2D eigenvalue weighted by molar-refractivity contribution is 6.01. The molecule has 0 spiro atoms. The topological polar surface area (TPSA) is 115 Å². The first-order valence-electron chi connectivity index (χ1n) is 17.3. The third-order valence-electron chi connectivity index (χ3n) is 10.5. The van der Waals surface area contributed by atoms with Crippen molar-refractivity contribution in [3.63, 3.8) is 0 Å². The SMILES string of the molecule is CNC1CC(F)c2cc(-c3cnn(CC(=O)N4CCC(CN5CCN(c6ccc(NC7CCC(=O)NC7=O)cc6)CC5)CC4)c3)ccc21. The highest BCUT2D eigenvalue weighted by atomic mass is 19.1. The second-order valence-electron chi connectivity index (χ2n) is 13.6. The van der Waals surface area contributed by atoms with Crippen molar-refractivity contribution in [3.8, 4) is 11.1 Å². The van der Waals surface area contributed by atoms with Crippen LogP contribution >= 0.6 is 0 Å². The predicted molar refractivity (Wildman–Crippen MR) is 182 cm³/mol. The van der Waals surface area contributed by atoms with Crippen LogP contribution in [0.1, 0.15) is 55.4 Å². The standard InChI is InChI=1S/C36H45FN8O3/c1-38-33-19-31(37)30-18-25(2-7-29(30)33)26-20-39-45(22-26)23-35(47)44-12-10-24(11-13-44)21-42-14-16-43(17-15-42)28-5-3-27(4-6-28)40-32-8-9-34(46)41-36(32)48/h2-7,18,20,22,24,31-33,38,40H,8-17,19,21,23H2,1H3,(H,41,46,48). The number of hydrogen-bond acceptors (Lipinski definition) is 8. The van der Waals surface area contributed by atoms with Crippen LogP contribution in [0, 0.1) is 5.92 Å². The molecule has 0 bridgehead atoms. The molecule has 4 heterocycles. The number of anilines is 2. The van der Waals surface area contributed by atoms with Crippen LogP contribution in [0.25, 0.3) is 11.1 Å². The van der Waals surface area contributed by atoms with E-state index >= 15 is 0 Å². The van der Waals surface area contributed by atoms with Crippen molar-refractivity contribution in [3.05, 3.63) is 66.0 Å². The Morgan fingerprint density at radius 3 is 2.44 bits per heavy atom. The number of carbonyl (C=O) groups is 3. The maximum Gasteiger partial charge on any atom is 0.249 e. The van der Waals surface area contributed by atoms with E-state index in [1.165, 1.54) is 5.69 Å². The van der Waals surface area contributed by atoms with E-state index in [4.69, 9.17) is 0 Å². The van der Waals surface area contributed by atoms with E-state index in [9.17, 15) is 18.8 Å². The fourth-order valence-electron chi connectivity index (χ4n) is 7.63. The van der Waals surface area contributed by atoms with Gasteiger partial charge in [0.05, 0.1) is 6.20 Å². The van der Waals surface area contributed by atoms with Crippen LogP contribution in [0.2, 0.25) is 0 Å². The van der Waals surface area contributed by atoms with Crippen molar-refractivity contribution in [1.82, 2.24) is 30.2 Å². The van der Waals surface area contributed by atoms with Crippen LogP contribution in [0.15, 0.2) is 54.9 Å². The Kier molecular flexibility index (Phi) is 9.45. The van der Waals surface area contributed by atoms with Gasteiger partial charge in [-0.05, 0) is 79.3 Å². The number of alkyl halides is 1. The molecule has 1 aliphatic carbocycles. The summed E-state index contributed by atoms with van der Waals surface area (Å²) in [5, 5.41) is 13.3. The Bertz CT molecular complexity index is 1630. The van der Waals surface area contributed by atoms with Gasteiger partial charge in [0.1, 0.15) is 18.8 Å². The molecule has 0 saturated carbocycles. The lowest BCUT2D eigenvalue weighted by Crippen LogP contribution is -2.49. The van der Waals surface area contributed by atoms with Crippen LogP contribution in [0.4, 0.5) is 15.8 Å². The number of nitrogens with zero attached hydrogens (tertiary/aromatic N) is 5. The molecule has 11 nitrogen and oxygen atoms in total. The second kappa shape index (κ2) is 14.1. The fraction of sp³-hybridized carbons (Fsp3) is 0.500. The molecule has 48 heavy (non-hydrogen) atoms. The Hall–Kier alpha value is -4.29. The lowest BCUT2D eigenvalue weighted by atomic mass is 9.96. The summed E-state index contributed by atoms with van der Waals surface area (Å²) in [6, 6.07) is 13.8. The summed E-state index contributed by atoms with van der Waals surface area (Å²) >= 11 is 0. The predicted octanol–water partition coefficient (Wildman–Crippen LogP) is 3.50. The van der Waals surface area contributed by atoms with E-state index in [2.05, 4.69) is 43.0 Å². The number of nitrogens with one attached hydrogen (secondary N) is 3. The number of piperazine rings is 1. The molecule has 2 aromatic carbocycles. The number of carbonyl (C=O) groups excluding carboxylic acids is 3. The number of likely N-dealkylation sites (tertiary alicyclic amines) is 1. The van der Waals surface area contributed by atoms with E-state index in [0.717, 1.165) is 86.6 Å². The number of rotatable bonds is 9. The number of halogens is 1. The summed E-state index contributed by atoms with van der Waals surface area (Å²) in [4.78, 5) is 43.5. The third kappa shape index (κ3) is 7.09. The van der Waals surface area contributed by atoms with E-state index in [1.54, 1.807) is 10.9 Å². The van der Waals surface area contributed by atoms with Crippen molar-refractivity contribution in [2.45, 2.75) is 56.9 Å². The van der Waals surface area contributed by atoms with Gasteiger partial charge in [-0.3, -0.25) is 29.3 Å². The molecule has 3 saturated heterocycles. The van der Waals surface area contributed by atoms with Crippen LogP contribution in [0.5, 0.6) is 0 Å². The fourth-order valence-corrected chi connectivity index (χ4v) is 7.63. The third-order valence-corrected chi connectivity index (χ3v) is 10.5. The molecule has 3 N–H and O–H groups in total. The summed E-state index contributed by atoms with van der Waals surface area (Å²) < 4.78 is 16.3. The molecule has 7 rings (SSSR count). The molecule has 3 amide bonds. The summed E-state index contributed by atoms with van der Waals surface area (Å²) in [5.74, 6) is 0.196. The van der Waals surface area contributed by atoms with Gasteiger partial charge in [0.2, 0.25) is 17.7 Å². The van der Waals surface area contributed by atoms with Crippen molar-refractivity contribution in [1.29, 1.82) is 0 Å². The summed E-state index contributed by atoms with van der Waals surface area (Å²) in [6.07, 6.45) is 6.01. The average Bonchev–Trinajstić information content (AvgIpc) is 3.70. The van der Waals surface area contributed by atoms with Gasteiger partial charge in [0.15, 0.2) is 0 Å². The van der Waals surface area contributed by atoms with E-state index in [1.807, 2.05) is 48.5 Å². The van der Waals surface area contributed by atoms with Crippen LogP contribution in [0.3, 0.4) is 0 Å². The molecule has 3 aliphatic heterocycles. The van der Waals surface area contributed by atoms with Crippen molar-refractivity contribution >= 4 is 29.1 Å². The maximum absolute atomic E-state index is 14.6. The highest BCUT2D eigenvalue weighted by Gasteiger charge is 2.31. The van der Waals surface area contributed by atoms with Crippen LogP contribution < -0.4 is 20.9 Å². The lowest BCUT2D eigenvalue weighted by Gasteiger charge is -2.39. The second-order valence-corrected chi connectivity index (χ2v) is 13.6. The Balaban J connectivity index is 0.832. The number of aromatic nitrogens is 2. The molecule has 3 unspecified atom stereocenters. The van der Waals surface area contributed by atoms with Crippen molar-refractivity contribution in [2.24, 2.45) is 5.92 Å². The minimum absolute atomic E-state index is 0.0491. The average molecular weight is 657 g/mol. The molecular weight excluding hydrogens is 611 g/mol. The zero-order valence-electron chi connectivity index (χ0n) is 27.5. The van der Waals surface area contributed by atoms with Gasteiger partial charge >= 0.3 is 0 Å². The van der Waals surface area contributed by atoms with E-state index in [-0.39, 0.29) is 36.3 Å². The largest absolute Gasteiger partial charge is 0.374 e. The first kappa shape index (κ1) is 32.3. The molecule has 3 fully saturated rings. The van der Waals surface area contributed by atoms with Gasteiger partial charge in [0.25, 0.3) is 0 Å². The molecule has 254 valence electrons. The Morgan fingerprint density at radius 1 is 0.938 bits per heavy atom. The van der Waals surface area contributed by atoms with Gasteiger partial charge < -0.3 is 20.4 Å². The van der Waals surface area contributed by atoms with Crippen molar-refractivity contribution < 1.29 is 18.8 Å². The van der Waals surface area contributed by atoms with Gasteiger partial charge in [-0.2, -0.15) is 5.10 Å². The maximum atomic E-state index is 14.6. The molecule has 12 heteroatoms. The lowest BCUT2D eigenvalue weighted by molar-refractivity contribution is -0.134. The highest BCUT2D eigenvalue weighted by Crippen LogP contribution is 2.42. The van der Waals surface area contributed by atoms with Gasteiger partial charge in [0, 0.05) is 87.8 Å². The number of amides is 3. The summed E-state index contributed by atoms with van der Waals surface area (Å²) in [7, 11) is 1.86. The number of piperidine rings is 2. The molecular formula is C36H45FN8O3. The minimum atomic E-state index is -0.969. The Morgan fingerprint density at radius 2 is 1.71 bits per heavy atom. The summed E-state index contributed by atoms with van der Waals surface area (Å²) in [5.41, 5.74) is 5.62. The first-order valence-corrected chi connectivity index (χ1v) is 17.3. The zero-order valence-corrected chi connectivity index (χ0v) is 27.5. The first-order chi connectivity index (χ1) is 23.3. The number of imide groups is 1. The van der Waals surface area contributed by atoms with Crippen LogP contribution in [-0.2, 0) is 20.9 Å². The molecule has 4 aliphatic rings. The monoisotopic (exact) mass is 656 g/mol. The molecule has 1 aromatic heterocycles. The quantitative estimate of drug-likeness (QED) is 0.300. The van der Waals surface area contributed by atoms with Crippen molar-refractivity contribution in [2.75, 3.05) is 63.1 Å². The van der Waals surface area contributed by atoms with E-state index in [0.29, 0.717) is 25.2 Å². The normalized spacial score (nSPS) is 23.7. The zero-order chi connectivity index (χ0) is 33.2. The van der Waals surface area contributed by atoms with Gasteiger partial charge in [-0.1, -0.05) is 12.1 Å². The molecule has 3 aromatic rings. The van der Waals surface area contributed by atoms with Gasteiger partial charge in [-0.25, -0.2) is 4.39 Å². The van der Waals surface area contributed by atoms with E-state index < -0.39 is 6.17 Å².